The molecule has 1 aliphatic rings. The average molecular weight is 318 g/mol. The zero-order chi connectivity index (χ0) is 16.4. The Morgan fingerprint density at radius 2 is 2.22 bits per heavy atom. The molecular formula is C16H22N4O3. The summed E-state index contributed by atoms with van der Waals surface area (Å²) >= 11 is 0. The molecule has 0 fully saturated rings. The Hall–Kier alpha value is -2.15. The second-order valence-electron chi connectivity index (χ2n) is 5.72. The highest BCUT2D eigenvalue weighted by Gasteiger charge is 2.29. The van der Waals surface area contributed by atoms with E-state index in [1.165, 1.54) is 0 Å². The average Bonchev–Trinajstić information content (AvgIpc) is 2.81. The van der Waals surface area contributed by atoms with Gasteiger partial charge in [0.1, 0.15) is 12.4 Å². The molecule has 0 amide bonds. The number of nitrogens with zero attached hydrogens (tertiary/aromatic N) is 4. The number of hydrogen-bond donors (Lipinski definition) is 0. The van der Waals surface area contributed by atoms with Crippen molar-refractivity contribution in [3.63, 3.8) is 0 Å². The van der Waals surface area contributed by atoms with Gasteiger partial charge < -0.3 is 18.8 Å². The molecule has 0 saturated carbocycles. The maximum Gasteiger partial charge on any atom is 0.258 e. The number of pyridine rings is 1. The molecule has 0 unspecified atom stereocenters. The van der Waals surface area contributed by atoms with E-state index in [0.717, 1.165) is 17.2 Å². The summed E-state index contributed by atoms with van der Waals surface area (Å²) in [6, 6.07) is 1.89. The Bertz CT molecular complexity index is 684. The zero-order valence-corrected chi connectivity index (χ0v) is 13.9. The third kappa shape index (κ3) is 3.01. The number of fused-ring (bicyclic) bond motifs is 3. The first-order valence-electron chi connectivity index (χ1n) is 7.89. The minimum atomic E-state index is 0.0132. The van der Waals surface area contributed by atoms with Gasteiger partial charge in [0.2, 0.25) is 0 Å². The molecular weight excluding hydrogens is 296 g/mol. The highest BCUT2D eigenvalue weighted by molar-refractivity contribution is 5.68. The van der Waals surface area contributed by atoms with Crippen molar-refractivity contribution in [1.82, 2.24) is 19.7 Å². The van der Waals surface area contributed by atoms with Crippen LogP contribution in [-0.4, -0.2) is 45.7 Å². The van der Waals surface area contributed by atoms with Gasteiger partial charge in [-0.3, -0.25) is 0 Å². The largest absolute Gasteiger partial charge is 0.485 e. The summed E-state index contributed by atoms with van der Waals surface area (Å²) in [5.74, 6) is 2.70. The Morgan fingerprint density at radius 3 is 2.96 bits per heavy atom. The quantitative estimate of drug-likeness (QED) is 0.843. The van der Waals surface area contributed by atoms with Crippen LogP contribution in [0.1, 0.15) is 32.6 Å². The van der Waals surface area contributed by atoms with E-state index in [1.807, 2.05) is 33.8 Å². The van der Waals surface area contributed by atoms with E-state index in [1.54, 1.807) is 6.20 Å². The topological polar surface area (TPSA) is 71.3 Å². The predicted molar refractivity (Wildman–Crippen MR) is 84.8 cm³/mol. The molecule has 124 valence electrons. The summed E-state index contributed by atoms with van der Waals surface area (Å²) in [4.78, 5) is 4.30. The van der Waals surface area contributed by atoms with Crippen molar-refractivity contribution in [2.75, 3.05) is 19.8 Å². The molecule has 7 heteroatoms. The van der Waals surface area contributed by atoms with Crippen LogP contribution >= 0.6 is 0 Å². The summed E-state index contributed by atoms with van der Waals surface area (Å²) in [6.07, 6.45) is 1.72. The third-order valence-corrected chi connectivity index (χ3v) is 3.63. The Kier molecular flexibility index (Phi) is 4.47. The first-order chi connectivity index (χ1) is 11.1. The molecule has 1 aliphatic heterocycles. The van der Waals surface area contributed by atoms with Crippen LogP contribution in [0.4, 0.5) is 0 Å². The zero-order valence-electron chi connectivity index (χ0n) is 13.9. The van der Waals surface area contributed by atoms with Crippen LogP contribution in [0, 0.1) is 6.92 Å². The maximum atomic E-state index is 6.03. The summed E-state index contributed by atoms with van der Waals surface area (Å²) in [5, 5.41) is 8.56. The van der Waals surface area contributed by atoms with Crippen molar-refractivity contribution < 1.29 is 14.2 Å². The second-order valence-corrected chi connectivity index (χ2v) is 5.72. The van der Waals surface area contributed by atoms with Crippen LogP contribution in [0.25, 0.3) is 11.4 Å². The second kappa shape index (κ2) is 6.54. The highest BCUT2D eigenvalue weighted by Crippen LogP contribution is 2.40. The maximum absolute atomic E-state index is 6.03. The molecule has 23 heavy (non-hydrogen) atoms. The smallest absolute Gasteiger partial charge is 0.258 e. The SMILES string of the molecule is CCOC[C@@H]1COc2c(ccnc2OC(C)C)-c2nnc(C)n21. The highest BCUT2D eigenvalue weighted by atomic mass is 16.5. The van der Waals surface area contributed by atoms with Crippen LogP contribution in [0.3, 0.4) is 0 Å². The molecule has 0 radical (unpaired) electrons. The van der Waals surface area contributed by atoms with E-state index < -0.39 is 0 Å². The normalized spacial score (nSPS) is 16.5. The fraction of sp³-hybridized carbons (Fsp3) is 0.562. The summed E-state index contributed by atoms with van der Waals surface area (Å²) in [5.41, 5.74) is 0.843. The summed E-state index contributed by atoms with van der Waals surface area (Å²) in [6.45, 7) is 9.49. The van der Waals surface area contributed by atoms with E-state index in [0.29, 0.717) is 31.5 Å². The van der Waals surface area contributed by atoms with Gasteiger partial charge >= 0.3 is 0 Å². The molecule has 0 bridgehead atoms. The lowest BCUT2D eigenvalue weighted by molar-refractivity contribution is 0.0907. The molecule has 0 aromatic carbocycles. The van der Waals surface area contributed by atoms with Crippen molar-refractivity contribution >= 4 is 0 Å². The van der Waals surface area contributed by atoms with Crippen molar-refractivity contribution in [2.24, 2.45) is 0 Å². The van der Waals surface area contributed by atoms with Crippen molar-refractivity contribution in [2.45, 2.75) is 39.8 Å². The number of hydrogen-bond acceptors (Lipinski definition) is 6. The monoisotopic (exact) mass is 318 g/mol. The van der Waals surface area contributed by atoms with Crippen LogP contribution in [0.5, 0.6) is 11.6 Å². The number of aryl methyl sites for hydroxylation is 1. The van der Waals surface area contributed by atoms with Gasteiger partial charge in [0.25, 0.3) is 5.88 Å². The first kappa shape index (κ1) is 15.7. The van der Waals surface area contributed by atoms with E-state index >= 15 is 0 Å². The molecule has 0 spiro atoms. The van der Waals surface area contributed by atoms with Gasteiger partial charge in [0.05, 0.1) is 24.3 Å². The van der Waals surface area contributed by atoms with Gasteiger partial charge in [0, 0.05) is 12.8 Å². The lowest BCUT2D eigenvalue weighted by atomic mass is 10.2. The summed E-state index contributed by atoms with van der Waals surface area (Å²) < 4.78 is 19.5. The number of ether oxygens (including phenoxy) is 3. The Labute approximate surface area is 135 Å². The van der Waals surface area contributed by atoms with Crippen LogP contribution in [0.2, 0.25) is 0 Å². The molecule has 3 rings (SSSR count). The third-order valence-electron chi connectivity index (χ3n) is 3.63. The predicted octanol–water partition coefficient (Wildman–Crippen LogP) is 2.41. The molecule has 0 saturated heterocycles. The Morgan fingerprint density at radius 1 is 1.39 bits per heavy atom. The lowest BCUT2D eigenvalue weighted by Gasteiger charge is -2.18. The van der Waals surface area contributed by atoms with Crippen LogP contribution in [-0.2, 0) is 4.74 Å². The van der Waals surface area contributed by atoms with E-state index in [9.17, 15) is 0 Å². The van der Waals surface area contributed by atoms with Crippen molar-refractivity contribution in [3.8, 4) is 23.0 Å². The van der Waals surface area contributed by atoms with E-state index in [4.69, 9.17) is 14.2 Å². The summed E-state index contributed by atoms with van der Waals surface area (Å²) in [7, 11) is 0. The van der Waals surface area contributed by atoms with Gasteiger partial charge in [-0.2, -0.15) is 0 Å². The Balaban J connectivity index is 2.06. The molecule has 1 atom stereocenters. The lowest BCUT2D eigenvalue weighted by Crippen LogP contribution is -2.22. The fourth-order valence-electron chi connectivity index (χ4n) is 2.67. The van der Waals surface area contributed by atoms with Crippen molar-refractivity contribution in [1.29, 1.82) is 0 Å². The van der Waals surface area contributed by atoms with Gasteiger partial charge in [-0.05, 0) is 33.8 Å². The standard InChI is InChI=1S/C16H22N4O3/c1-5-21-8-12-9-22-14-13(15-19-18-11(4)20(12)15)6-7-17-16(14)23-10(2)3/h6-7,10,12H,5,8-9H2,1-4H3/t12-/m1/s1. The molecule has 3 heterocycles. The molecule has 0 N–H and O–H groups in total. The molecule has 2 aromatic heterocycles. The minimum Gasteiger partial charge on any atom is -0.485 e. The van der Waals surface area contributed by atoms with Crippen molar-refractivity contribution in [3.05, 3.63) is 18.1 Å². The number of aromatic nitrogens is 4. The number of rotatable bonds is 5. The molecule has 0 aliphatic carbocycles. The van der Waals surface area contributed by atoms with Gasteiger partial charge in [-0.25, -0.2) is 4.98 Å². The van der Waals surface area contributed by atoms with Crippen LogP contribution in [0.15, 0.2) is 12.3 Å². The van der Waals surface area contributed by atoms with Gasteiger partial charge in [-0.1, -0.05) is 0 Å². The fourth-order valence-corrected chi connectivity index (χ4v) is 2.67. The minimum absolute atomic E-state index is 0.0132. The van der Waals surface area contributed by atoms with Gasteiger partial charge in [-0.15, -0.1) is 10.2 Å². The van der Waals surface area contributed by atoms with E-state index in [2.05, 4.69) is 19.7 Å². The van der Waals surface area contributed by atoms with Gasteiger partial charge in [0.15, 0.2) is 11.6 Å². The van der Waals surface area contributed by atoms with E-state index in [-0.39, 0.29) is 12.1 Å². The van der Waals surface area contributed by atoms with Crippen LogP contribution < -0.4 is 9.47 Å². The first-order valence-corrected chi connectivity index (χ1v) is 7.89. The molecule has 2 aromatic rings. The molecule has 7 nitrogen and oxygen atoms in total.